The summed E-state index contributed by atoms with van der Waals surface area (Å²) in [6.07, 6.45) is 1.95. The van der Waals surface area contributed by atoms with Crippen LogP contribution in [-0.4, -0.2) is 16.2 Å². The third kappa shape index (κ3) is 8.90. The summed E-state index contributed by atoms with van der Waals surface area (Å²) in [6.45, 7) is 30.5. The minimum atomic E-state index is -0.245. The normalized spacial score (nSPS) is 13.6. The topological polar surface area (TPSA) is 33.5 Å². The number of aromatic nitrogens is 2. The van der Waals surface area contributed by atoms with Gasteiger partial charge in [0.05, 0.1) is 22.4 Å². The summed E-state index contributed by atoms with van der Waals surface area (Å²) in [7, 11) is 0. The second-order valence-electron chi connectivity index (χ2n) is 24.0. The van der Waals surface area contributed by atoms with Crippen molar-refractivity contribution in [3.63, 3.8) is 0 Å². The molecule has 0 N–H and O–H groups in total. The SMILES string of the molecule is CC(C)(C)c1cc(Oc2ccc3c4cc(C(C)(C)C)ccc4n(-c4cc(C(C)(C)C)ccn4)c3c2)cc(N2CN(c3cc(C(C)(C)c4ccccc4)cc(C(C)(C)c4ccccc4)c3)c3ccccc32)c1. The lowest BCUT2D eigenvalue weighted by Gasteiger charge is -2.33. The molecule has 0 fully saturated rings. The maximum absolute atomic E-state index is 7.08. The maximum atomic E-state index is 7.08. The molecule has 0 saturated heterocycles. The molecule has 1 aliphatic heterocycles. The van der Waals surface area contributed by atoms with Crippen LogP contribution >= 0.6 is 0 Å². The van der Waals surface area contributed by atoms with E-state index in [4.69, 9.17) is 9.72 Å². The summed E-state index contributed by atoms with van der Waals surface area (Å²) in [5.41, 5.74) is 15.0. The molecule has 2 aromatic heterocycles. The zero-order chi connectivity index (χ0) is 50.3. The third-order valence-corrected chi connectivity index (χ3v) is 15.2. The Hall–Kier alpha value is -7.11. The van der Waals surface area contributed by atoms with E-state index in [0.29, 0.717) is 6.67 Å². The number of fused-ring (bicyclic) bond motifs is 4. The Morgan fingerprint density at radius 3 is 1.46 bits per heavy atom. The molecule has 0 saturated carbocycles. The minimum Gasteiger partial charge on any atom is -0.457 e. The van der Waals surface area contributed by atoms with E-state index in [9.17, 15) is 0 Å². The number of hydrogen-bond donors (Lipinski definition) is 0. The molecular weight excluding hydrogens is 865 g/mol. The van der Waals surface area contributed by atoms with Crippen molar-refractivity contribution in [3.05, 3.63) is 215 Å². The van der Waals surface area contributed by atoms with Crippen molar-refractivity contribution in [2.45, 2.75) is 117 Å². The Morgan fingerprint density at radius 2 is 0.901 bits per heavy atom. The molecule has 3 heterocycles. The average molecular weight is 935 g/mol. The highest BCUT2D eigenvalue weighted by atomic mass is 16.5. The van der Waals surface area contributed by atoms with Crippen molar-refractivity contribution in [2.75, 3.05) is 16.5 Å². The molecule has 0 aliphatic carbocycles. The fraction of sp³-hybridized carbons (Fsp3) is 0.288. The Bertz CT molecular complexity index is 3360. The summed E-state index contributed by atoms with van der Waals surface area (Å²) < 4.78 is 9.40. The predicted octanol–water partition coefficient (Wildman–Crippen LogP) is 17.8. The van der Waals surface area contributed by atoms with E-state index >= 15 is 0 Å². The molecule has 0 bridgehead atoms. The number of benzene rings is 7. The van der Waals surface area contributed by atoms with E-state index in [1.54, 1.807) is 0 Å². The molecule has 7 aromatic carbocycles. The fourth-order valence-electron chi connectivity index (χ4n) is 10.3. The monoisotopic (exact) mass is 935 g/mol. The molecule has 0 spiro atoms. The number of anilines is 4. The lowest BCUT2D eigenvalue weighted by Crippen LogP contribution is -2.27. The van der Waals surface area contributed by atoms with Gasteiger partial charge in [0.15, 0.2) is 0 Å². The first kappa shape index (κ1) is 47.6. The van der Waals surface area contributed by atoms with Crippen LogP contribution < -0.4 is 14.5 Å². The van der Waals surface area contributed by atoms with Crippen LogP contribution in [0.4, 0.5) is 22.7 Å². The van der Waals surface area contributed by atoms with Crippen LogP contribution in [-0.2, 0) is 27.1 Å². The van der Waals surface area contributed by atoms with E-state index < -0.39 is 0 Å². The lowest BCUT2D eigenvalue weighted by atomic mass is 9.73. The molecule has 0 radical (unpaired) electrons. The van der Waals surface area contributed by atoms with Crippen molar-refractivity contribution in [2.24, 2.45) is 0 Å². The number of nitrogens with zero attached hydrogens (tertiary/aromatic N) is 4. The highest BCUT2D eigenvalue weighted by molar-refractivity contribution is 6.10. The Morgan fingerprint density at radius 1 is 0.380 bits per heavy atom. The molecule has 9 aromatic rings. The smallest absolute Gasteiger partial charge is 0.137 e. The number of ether oxygens (including phenoxy) is 1. The summed E-state index contributed by atoms with van der Waals surface area (Å²) in [5, 5.41) is 2.38. The number of rotatable bonds is 9. The fourth-order valence-corrected chi connectivity index (χ4v) is 10.3. The van der Waals surface area contributed by atoms with Crippen molar-refractivity contribution >= 4 is 44.6 Å². The summed E-state index contributed by atoms with van der Waals surface area (Å²) in [4.78, 5) is 9.94. The zero-order valence-corrected chi connectivity index (χ0v) is 44.1. The standard InChI is InChI=1S/C66H70N4O/c1-62(2,3)46-28-31-57-56(39-46)55-30-29-53(42-60(55)70(57)61-40-47(32-33-67-61)63(4,5)6)71-54-38-48(64(7,8)9)35-52(41-54)69-43-68(58-26-20-21-27-59(58)69)51-36-49(65(10,11)44-22-16-14-17-23-44)34-50(37-51)66(12,13)45-24-18-15-19-25-45/h14-42H,43H2,1-13H3. The van der Waals surface area contributed by atoms with Gasteiger partial charge in [-0.2, -0.15) is 0 Å². The third-order valence-electron chi connectivity index (χ3n) is 15.2. The van der Waals surface area contributed by atoms with Crippen molar-refractivity contribution < 1.29 is 4.74 Å². The highest BCUT2D eigenvalue weighted by Crippen LogP contribution is 2.49. The van der Waals surface area contributed by atoms with E-state index in [1.165, 1.54) is 61.1 Å². The van der Waals surface area contributed by atoms with Crippen molar-refractivity contribution in [1.29, 1.82) is 0 Å². The van der Waals surface area contributed by atoms with Crippen molar-refractivity contribution in [3.8, 4) is 17.3 Å². The molecule has 360 valence electrons. The van der Waals surface area contributed by atoms with Gasteiger partial charge in [0.25, 0.3) is 0 Å². The van der Waals surface area contributed by atoms with Crippen LogP contribution in [0.5, 0.6) is 11.5 Å². The van der Waals surface area contributed by atoms with Crippen LogP contribution in [0.15, 0.2) is 176 Å². The number of para-hydroxylation sites is 2. The van der Waals surface area contributed by atoms with Gasteiger partial charge in [-0.3, -0.25) is 4.57 Å². The van der Waals surface area contributed by atoms with Gasteiger partial charge in [-0.05, 0) is 128 Å². The Kier molecular flexibility index (Phi) is 11.6. The van der Waals surface area contributed by atoms with Crippen LogP contribution in [0.25, 0.3) is 27.6 Å². The molecule has 10 rings (SSSR count). The first-order valence-electron chi connectivity index (χ1n) is 25.4. The maximum Gasteiger partial charge on any atom is 0.137 e. The minimum absolute atomic E-state index is 0.00424. The molecule has 0 amide bonds. The van der Waals surface area contributed by atoms with Gasteiger partial charge in [0.2, 0.25) is 0 Å². The Labute approximate surface area is 422 Å². The van der Waals surface area contributed by atoms with E-state index in [2.05, 4.69) is 274 Å². The largest absolute Gasteiger partial charge is 0.457 e. The number of pyridine rings is 1. The first-order valence-corrected chi connectivity index (χ1v) is 25.4. The summed E-state index contributed by atoms with van der Waals surface area (Å²) in [5.74, 6) is 2.47. The zero-order valence-electron chi connectivity index (χ0n) is 44.1. The van der Waals surface area contributed by atoms with Crippen LogP contribution in [0.1, 0.15) is 129 Å². The summed E-state index contributed by atoms with van der Waals surface area (Å²) >= 11 is 0. The van der Waals surface area contributed by atoms with Gasteiger partial charge in [0.1, 0.15) is 24.0 Å². The average Bonchev–Trinajstić information content (AvgIpc) is 3.89. The first-order chi connectivity index (χ1) is 33.6. The van der Waals surface area contributed by atoms with Crippen LogP contribution in [0.3, 0.4) is 0 Å². The predicted molar refractivity (Wildman–Crippen MR) is 300 cm³/mol. The molecule has 0 unspecified atom stereocenters. The molecule has 71 heavy (non-hydrogen) atoms. The van der Waals surface area contributed by atoms with Gasteiger partial charge in [-0.25, -0.2) is 4.98 Å². The van der Waals surface area contributed by atoms with Crippen molar-refractivity contribution in [1.82, 2.24) is 9.55 Å². The van der Waals surface area contributed by atoms with Gasteiger partial charge in [-0.1, -0.05) is 175 Å². The van der Waals surface area contributed by atoms with Crippen LogP contribution in [0, 0.1) is 0 Å². The Balaban J connectivity index is 1.08. The van der Waals surface area contributed by atoms with E-state index in [1.807, 2.05) is 6.20 Å². The second kappa shape index (κ2) is 17.3. The van der Waals surface area contributed by atoms with Gasteiger partial charge in [0, 0.05) is 51.3 Å². The van der Waals surface area contributed by atoms with E-state index in [0.717, 1.165) is 39.7 Å². The quantitative estimate of drug-likeness (QED) is 0.144. The number of hydrogen-bond acceptors (Lipinski definition) is 4. The molecule has 5 nitrogen and oxygen atoms in total. The highest BCUT2D eigenvalue weighted by Gasteiger charge is 2.34. The van der Waals surface area contributed by atoms with Gasteiger partial charge in [-0.15, -0.1) is 0 Å². The molecule has 0 atom stereocenters. The van der Waals surface area contributed by atoms with Crippen LogP contribution in [0.2, 0.25) is 0 Å². The van der Waals surface area contributed by atoms with E-state index in [-0.39, 0.29) is 27.1 Å². The molecule has 1 aliphatic rings. The second-order valence-corrected chi connectivity index (χ2v) is 24.0. The summed E-state index contributed by atoms with van der Waals surface area (Å²) in [6, 6.07) is 62.6. The van der Waals surface area contributed by atoms with Gasteiger partial charge >= 0.3 is 0 Å². The lowest BCUT2D eigenvalue weighted by molar-refractivity contribution is 0.479. The van der Waals surface area contributed by atoms with Gasteiger partial charge < -0.3 is 14.5 Å². The molecule has 5 heteroatoms. The molecular formula is C66H70N4O.